The molecule has 0 aliphatic carbocycles. The number of nitrogens with one attached hydrogen (secondary N) is 2. The molecule has 1 unspecified atom stereocenters. The summed E-state index contributed by atoms with van der Waals surface area (Å²) < 4.78 is 8.05. The number of nitrogen functional groups attached to an aromatic ring is 1. The monoisotopic (exact) mass is 420 g/mol. The second-order valence-electron chi connectivity index (χ2n) is 7.96. The molecule has 1 saturated heterocycles. The Morgan fingerprint density at radius 3 is 2.68 bits per heavy atom. The van der Waals surface area contributed by atoms with Crippen LogP contribution in [-0.4, -0.2) is 40.7 Å². The molecule has 2 aromatic carbocycles. The second-order valence-corrected chi connectivity index (χ2v) is 7.96. The van der Waals surface area contributed by atoms with Crippen LogP contribution in [0.1, 0.15) is 36.1 Å². The first-order chi connectivity index (χ1) is 15.0. The maximum absolute atomic E-state index is 12.1. The summed E-state index contributed by atoms with van der Waals surface area (Å²) >= 11 is 0. The molecular formula is C24H28N4O3. The molecule has 2 atom stereocenters. The molecule has 5 N–H and O–H groups in total. The van der Waals surface area contributed by atoms with Gasteiger partial charge in [0.25, 0.3) is 0 Å². The van der Waals surface area contributed by atoms with Crippen molar-refractivity contribution in [2.24, 2.45) is 5.73 Å². The average molecular weight is 421 g/mol. The van der Waals surface area contributed by atoms with E-state index in [0.717, 1.165) is 47.4 Å². The third-order valence-corrected chi connectivity index (χ3v) is 5.93. The highest BCUT2D eigenvalue weighted by Gasteiger charge is 2.23. The van der Waals surface area contributed by atoms with E-state index in [9.17, 15) is 9.90 Å². The molecule has 7 heteroatoms. The van der Waals surface area contributed by atoms with Gasteiger partial charge in [0.05, 0.1) is 5.92 Å². The van der Waals surface area contributed by atoms with E-state index < -0.39 is 11.9 Å². The van der Waals surface area contributed by atoms with Gasteiger partial charge in [-0.1, -0.05) is 24.3 Å². The van der Waals surface area contributed by atoms with Gasteiger partial charge in [0.2, 0.25) is 0 Å². The van der Waals surface area contributed by atoms with Crippen molar-refractivity contribution in [1.29, 1.82) is 5.41 Å². The first-order valence-corrected chi connectivity index (χ1v) is 10.6. The van der Waals surface area contributed by atoms with Crippen molar-refractivity contribution in [3.05, 3.63) is 65.4 Å². The van der Waals surface area contributed by atoms with Crippen LogP contribution in [0.2, 0.25) is 0 Å². The maximum Gasteiger partial charge on any atom is 0.311 e. The van der Waals surface area contributed by atoms with E-state index in [1.807, 2.05) is 55.5 Å². The van der Waals surface area contributed by atoms with E-state index in [4.69, 9.17) is 15.9 Å². The van der Waals surface area contributed by atoms with Crippen LogP contribution >= 0.6 is 0 Å². The van der Waals surface area contributed by atoms with E-state index in [2.05, 4.69) is 9.88 Å². The lowest BCUT2D eigenvalue weighted by Crippen LogP contribution is -2.19. The molecule has 7 nitrogen and oxygen atoms in total. The summed E-state index contributed by atoms with van der Waals surface area (Å²) in [6.07, 6.45) is 1.52. The van der Waals surface area contributed by atoms with E-state index in [1.54, 1.807) is 0 Å². The van der Waals surface area contributed by atoms with Crippen molar-refractivity contribution < 1.29 is 14.6 Å². The molecule has 0 amide bonds. The van der Waals surface area contributed by atoms with Gasteiger partial charge in [-0.3, -0.25) is 10.2 Å². The molecule has 1 aliphatic rings. The third-order valence-electron chi connectivity index (χ3n) is 5.93. The molecule has 3 aromatic rings. The van der Waals surface area contributed by atoms with Gasteiger partial charge in [0.15, 0.2) is 0 Å². The number of aromatic nitrogens is 1. The Morgan fingerprint density at radius 1 is 1.29 bits per heavy atom. The summed E-state index contributed by atoms with van der Waals surface area (Å²) in [4.78, 5) is 12.1. The van der Waals surface area contributed by atoms with Crippen molar-refractivity contribution >= 4 is 22.7 Å². The Hall–Kier alpha value is -3.32. The van der Waals surface area contributed by atoms with Crippen molar-refractivity contribution in [3.8, 4) is 5.75 Å². The highest BCUT2D eigenvalue weighted by atomic mass is 16.5. The molecule has 0 spiro atoms. The van der Waals surface area contributed by atoms with E-state index in [0.29, 0.717) is 18.5 Å². The summed E-state index contributed by atoms with van der Waals surface area (Å²) in [6.45, 7) is 4.54. The van der Waals surface area contributed by atoms with Crippen molar-refractivity contribution in [2.45, 2.75) is 38.3 Å². The minimum absolute atomic E-state index is 0.0198. The molecule has 1 aliphatic heterocycles. The molecule has 2 heterocycles. The summed E-state index contributed by atoms with van der Waals surface area (Å²) in [7, 11) is 0. The van der Waals surface area contributed by atoms with Crippen LogP contribution in [0.25, 0.3) is 10.9 Å². The first-order valence-electron chi connectivity index (χ1n) is 10.6. The summed E-state index contributed by atoms with van der Waals surface area (Å²) in [5, 5.41) is 21.9. The van der Waals surface area contributed by atoms with E-state index in [1.165, 1.54) is 0 Å². The fraction of sp³-hybridized carbons (Fsp3) is 0.333. The van der Waals surface area contributed by atoms with Crippen molar-refractivity contribution in [1.82, 2.24) is 9.88 Å². The van der Waals surface area contributed by atoms with Gasteiger partial charge >= 0.3 is 5.97 Å². The Bertz CT molecular complexity index is 1100. The molecule has 0 saturated carbocycles. The summed E-state index contributed by atoms with van der Waals surface area (Å²) in [5.74, 6) is -0.734. The summed E-state index contributed by atoms with van der Waals surface area (Å²) in [6, 6.07) is 15.1. The van der Waals surface area contributed by atoms with Crippen LogP contribution in [0.15, 0.2) is 48.5 Å². The number of nitrogens with two attached hydrogens (primary N) is 1. The van der Waals surface area contributed by atoms with E-state index in [-0.39, 0.29) is 11.9 Å². The number of amidine groups is 1. The fourth-order valence-electron chi connectivity index (χ4n) is 4.28. The lowest BCUT2D eigenvalue weighted by molar-refractivity contribution is -0.138. The zero-order chi connectivity index (χ0) is 22.0. The third kappa shape index (κ3) is 4.41. The Kier molecular flexibility index (Phi) is 5.95. The first kappa shape index (κ1) is 20.9. The van der Waals surface area contributed by atoms with Gasteiger partial charge in [-0.15, -0.1) is 0 Å². The number of hydrogen-bond acceptors (Lipinski definition) is 4. The van der Waals surface area contributed by atoms with Gasteiger partial charge in [-0.25, -0.2) is 0 Å². The number of carbonyl (C=O) groups is 1. The maximum atomic E-state index is 12.1. The zero-order valence-corrected chi connectivity index (χ0v) is 17.6. The standard InChI is InChI=1S/C24H28N4O3/c1-2-28-18(11-16-3-4-17(23(25)26)12-22(16)28)13-21(24(29)30)15-5-7-19(8-6-15)31-20-9-10-27-14-20/h3-8,11-12,20-21,27H,2,9-10,13-14H2,1H3,(H3,25,26)(H,29,30)/t20-,21?/m1/s1. The number of rotatable bonds is 8. The molecule has 162 valence electrons. The van der Waals surface area contributed by atoms with Crippen LogP contribution < -0.4 is 15.8 Å². The number of carboxylic acids is 1. The van der Waals surface area contributed by atoms with Gasteiger partial charge in [-0.05, 0) is 55.1 Å². The van der Waals surface area contributed by atoms with Gasteiger partial charge in [-0.2, -0.15) is 0 Å². The molecule has 1 aromatic heterocycles. The molecule has 31 heavy (non-hydrogen) atoms. The molecule has 0 bridgehead atoms. The number of nitrogens with zero attached hydrogens (tertiary/aromatic N) is 1. The minimum Gasteiger partial charge on any atom is -0.489 e. The van der Waals surface area contributed by atoms with Crippen molar-refractivity contribution in [2.75, 3.05) is 13.1 Å². The van der Waals surface area contributed by atoms with Crippen LogP contribution in [0, 0.1) is 5.41 Å². The quantitative estimate of drug-likeness (QED) is 0.330. The largest absolute Gasteiger partial charge is 0.489 e. The molecule has 1 fully saturated rings. The highest BCUT2D eigenvalue weighted by Crippen LogP contribution is 2.28. The minimum atomic E-state index is -0.856. The smallest absolute Gasteiger partial charge is 0.311 e. The second kappa shape index (κ2) is 8.81. The molecule has 4 rings (SSSR count). The van der Waals surface area contributed by atoms with Crippen LogP contribution in [0.4, 0.5) is 0 Å². The van der Waals surface area contributed by atoms with Gasteiger partial charge < -0.3 is 25.5 Å². The Morgan fingerprint density at radius 2 is 2.06 bits per heavy atom. The topological polar surface area (TPSA) is 113 Å². The number of carboxylic acid groups (broad SMARTS) is 1. The highest BCUT2D eigenvalue weighted by molar-refractivity contribution is 5.98. The van der Waals surface area contributed by atoms with E-state index >= 15 is 0 Å². The number of ether oxygens (including phenoxy) is 1. The van der Waals surface area contributed by atoms with Crippen LogP contribution in [-0.2, 0) is 17.8 Å². The van der Waals surface area contributed by atoms with Gasteiger partial charge in [0.1, 0.15) is 17.7 Å². The SMILES string of the molecule is CCn1c(CC(C(=O)O)c2ccc(O[C@@H]3CCNC3)cc2)cc2ccc(C(=N)N)cc21. The van der Waals surface area contributed by atoms with Crippen molar-refractivity contribution in [3.63, 3.8) is 0 Å². The zero-order valence-electron chi connectivity index (χ0n) is 17.6. The molecular weight excluding hydrogens is 392 g/mol. The predicted molar refractivity (Wildman–Crippen MR) is 121 cm³/mol. The van der Waals surface area contributed by atoms with Crippen LogP contribution in [0.3, 0.4) is 0 Å². The lowest BCUT2D eigenvalue weighted by atomic mass is 9.94. The number of aliphatic carboxylic acids is 1. The Balaban J connectivity index is 1.60. The molecule has 0 radical (unpaired) electrons. The van der Waals surface area contributed by atoms with Crippen LogP contribution in [0.5, 0.6) is 5.75 Å². The predicted octanol–water partition coefficient (Wildman–Crippen LogP) is 3.10. The number of fused-ring (bicyclic) bond motifs is 1. The lowest BCUT2D eigenvalue weighted by Gasteiger charge is -2.17. The Labute approximate surface area is 181 Å². The average Bonchev–Trinajstić information content (AvgIpc) is 3.38. The summed E-state index contributed by atoms with van der Waals surface area (Å²) in [5.41, 5.74) is 8.97. The number of aryl methyl sites for hydroxylation is 1. The normalized spacial score (nSPS) is 17.0. The number of benzene rings is 2. The van der Waals surface area contributed by atoms with Gasteiger partial charge in [0, 0.05) is 36.3 Å². The fourth-order valence-corrected chi connectivity index (χ4v) is 4.28. The number of hydrogen-bond donors (Lipinski definition) is 4.